The number of anilines is 2. The van der Waals surface area contributed by atoms with E-state index in [1.54, 1.807) is 0 Å². The second-order valence-corrected chi connectivity index (χ2v) is 3.79. The van der Waals surface area contributed by atoms with Crippen molar-refractivity contribution in [2.75, 3.05) is 17.6 Å². The molecule has 1 aromatic rings. The second-order valence-electron chi connectivity index (χ2n) is 3.79. The molecule has 3 N–H and O–H groups in total. The minimum Gasteiger partial charge on any atom is -0.383 e. The molecule has 0 fully saturated rings. The average molecular weight is 180 g/mol. The minimum absolute atomic E-state index is 0.403. The van der Waals surface area contributed by atoms with Gasteiger partial charge in [0.2, 0.25) is 5.95 Å². The van der Waals surface area contributed by atoms with Crippen LogP contribution in [-0.2, 0) is 6.54 Å². The van der Waals surface area contributed by atoms with Crippen molar-refractivity contribution in [1.82, 2.24) is 9.55 Å². The first-order valence-corrected chi connectivity index (χ1v) is 4.80. The van der Waals surface area contributed by atoms with Gasteiger partial charge in [0.1, 0.15) is 5.82 Å². The lowest BCUT2D eigenvalue weighted by atomic mass is 10.1. The van der Waals surface area contributed by atoms with Gasteiger partial charge in [-0.15, -0.1) is 0 Å². The standard InChI is InChI=1S/C9H16N4/c1-6(2)7-8(10)13-5-3-4-11-9(13)12-7/h6H,3-5,10H2,1-2H3,(H,11,12). The molecule has 1 aromatic heterocycles. The number of nitrogens with one attached hydrogen (secondary N) is 1. The molecule has 0 bridgehead atoms. The number of aromatic nitrogens is 2. The minimum atomic E-state index is 0.403. The lowest BCUT2D eigenvalue weighted by Crippen LogP contribution is -2.18. The molecule has 0 unspecified atom stereocenters. The van der Waals surface area contributed by atoms with Crippen LogP contribution >= 0.6 is 0 Å². The van der Waals surface area contributed by atoms with E-state index in [2.05, 4.69) is 28.7 Å². The maximum absolute atomic E-state index is 5.99. The summed E-state index contributed by atoms with van der Waals surface area (Å²) in [5.41, 5.74) is 7.00. The van der Waals surface area contributed by atoms with Crippen molar-refractivity contribution in [1.29, 1.82) is 0 Å². The highest BCUT2D eigenvalue weighted by molar-refractivity contribution is 5.48. The van der Waals surface area contributed by atoms with Gasteiger partial charge in [0, 0.05) is 13.1 Å². The average Bonchev–Trinajstić information content (AvgIpc) is 2.45. The van der Waals surface area contributed by atoms with Crippen molar-refractivity contribution in [3.63, 3.8) is 0 Å². The third-order valence-corrected chi connectivity index (χ3v) is 2.42. The maximum atomic E-state index is 5.99. The monoisotopic (exact) mass is 180 g/mol. The van der Waals surface area contributed by atoms with Crippen molar-refractivity contribution >= 4 is 11.8 Å². The zero-order valence-corrected chi connectivity index (χ0v) is 8.17. The molecule has 4 heteroatoms. The number of nitrogens with zero attached hydrogens (tertiary/aromatic N) is 2. The molecule has 0 atom stereocenters. The fourth-order valence-corrected chi connectivity index (χ4v) is 1.71. The van der Waals surface area contributed by atoms with E-state index in [1.165, 1.54) is 0 Å². The molecular formula is C9H16N4. The summed E-state index contributed by atoms with van der Waals surface area (Å²) in [5, 5.41) is 3.25. The largest absolute Gasteiger partial charge is 0.383 e. The third kappa shape index (κ3) is 1.26. The number of nitrogen functional groups attached to an aromatic ring is 1. The second kappa shape index (κ2) is 2.94. The van der Waals surface area contributed by atoms with Gasteiger partial charge < -0.3 is 11.1 Å². The molecule has 0 saturated heterocycles. The number of imidazole rings is 1. The van der Waals surface area contributed by atoms with Crippen LogP contribution in [0.4, 0.5) is 11.8 Å². The molecule has 1 aliphatic rings. The maximum Gasteiger partial charge on any atom is 0.204 e. The van der Waals surface area contributed by atoms with Crippen LogP contribution in [0.5, 0.6) is 0 Å². The SMILES string of the molecule is CC(C)c1nc2n(c1N)CCCN2. The summed E-state index contributed by atoms with van der Waals surface area (Å²) in [6, 6.07) is 0. The van der Waals surface area contributed by atoms with Crippen molar-refractivity contribution in [2.24, 2.45) is 0 Å². The van der Waals surface area contributed by atoms with Crippen molar-refractivity contribution in [3.8, 4) is 0 Å². The first-order chi connectivity index (χ1) is 6.20. The fraction of sp³-hybridized carbons (Fsp3) is 0.667. The van der Waals surface area contributed by atoms with E-state index < -0.39 is 0 Å². The molecule has 2 heterocycles. The first-order valence-electron chi connectivity index (χ1n) is 4.80. The van der Waals surface area contributed by atoms with Gasteiger partial charge in [-0.3, -0.25) is 4.57 Å². The number of nitrogens with two attached hydrogens (primary N) is 1. The van der Waals surface area contributed by atoms with E-state index in [-0.39, 0.29) is 0 Å². The van der Waals surface area contributed by atoms with E-state index >= 15 is 0 Å². The Morgan fingerprint density at radius 2 is 2.31 bits per heavy atom. The molecule has 72 valence electrons. The molecule has 0 spiro atoms. The van der Waals surface area contributed by atoms with E-state index in [4.69, 9.17) is 5.73 Å². The molecular weight excluding hydrogens is 164 g/mol. The predicted octanol–water partition coefficient (Wildman–Crippen LogP) is 1.40. The smallest absolute Gasteiger partial charge is 0.204 e. The number of hydrogen-bond acceptors (Lipinski definition) is 3. The van der Waals surface area contributed by atoms with Crippen LogP contribution in [-0.4, -0.2) is 16.1 Å². The summed E-state index contributed by atoms with van der Waals surface area (Å²) in [5.74, 6) is 2.17. The van der Waals surface area contributed by atoms with Crippen LogP contribution in [0.1, 0.15) is 31.9 Å². The van der Waals surface area contributed by atoms with Gasteiger partial charge in [-0.05, 0) is 12.3 Å². The van der Waals surface area contributed by atoms with Gasteiger partial charge in [0.05, 0.1) is 5.69 Å². The zero-order chi connectivity index (χ0) is 9.42. The quantitative estimate of drug-likeness (QED) is 0.687. The highest BCUT2D eigenvalue weighted by atomic mass is 15.3. The Bertz CT molecular complexity index is 314. The van der Waals surface area contributed by atoms with Gasteiger partial charge in [0.25, 0.3) is 0 Å². The van der Waals surface area contributed by atoms with Gasteiger partial charge >= 0.3 is 0 Å². The van der Waals surface area contributed by atoms with E-state index in [9.17, 15) is 0 Å². The van der Waals surface area contributed by atoms with Crippen LogP contribution in [0.2, 0.25) is 0 Å². The van der Waals surface area contributed by atoms with Crippen LogP contribution in [0.3, 0.4) is 0 Å². The Hall–Kier alpha value is -1.19. The first kappa shape index (κ1) is 8.41. The number of hydrogen-bond donors (Lipinski definition) is 2. The molecule has 1 aliphatic heterocycles. The summed E-state index contributed by atoms with van der Waals surface area (Å²) < 4.78 is 2.07. The zero-order valence-electron chi connectivity index (χ0n) is 8.17. The Morgan fingerprint density at radius 1 is 1.54 bits per heavy atom. The van der Waals surface area contributed by atoms with E-state index in [1.807, 2.05) is 0 Å². The molecule has 0 aromatic carbocycles. The molecule has 13 heavy (non-hydrogen) atoms. The van der Waals surface area contributed by atoms with Gasteiger partial charge in [0.15, 0.2) is 0 Å². The summed E-state index contributed by atoms with van der Waals surface area (Å²) >= 11 is 0. The topological polar surface area (TPSA) is 55.9 Å². The predicted molar refractivity (Wildman–Crippen MR) is 53.8 cm³/mol. The molecule has 0 amide bonds. The molecule has 0 radical (unpaired) electrons. The van der Waals surface area contributed by atoms with Crippen LogP contribution in [0, 0.1) is 0 Å². The van der Waals surface area contributed by atoms with Crippen LogP contribution in [0.25, 0.3) is 0 Å². The Balaban J connectivity index is 2.44. The van der Waals surface area contributed by atoms with E-state index in [0.29, 0.717) is 5.92 Å². The summed E-state index contributed by atoms with van der Waals surface area (Å²) in [4.78, 5) is 4.48. The molecule has 4 nitrogen and oxygen atoms in total. The summed E-state index contributed by atoms with van der Waals surface area (Å²) in [7, 11) is 0. The van der Waals surface area contributed by atoms with E-state index in [0.717, 1.165) is 37.0 Å². The van der Waals surface area contributed by atoms with Crippen LogP contribution in [0.15, 0.2) is 0 Å². The lowest BCUT2D eigenvalue weighted by Gasteiger charge is -2.16. The molecule has 0 saturated carbocycles. The Morgan fingerprint density at radius 3 is 2.92 bits per heavy atom. The van der Waals surface area contributed by atoms with Crippen molar-refractivity contribution in [2.45, 2.75) is 32.7 Å². The van der Waals surface area contributed by atoms with Crippen molar-refractivity contribution < 1.29 is 0 Å². The summed E-state index contributed by atoms with van der Waals surface area (Å²) in [6.45, 7) is 6.23. The molecule has 2 rings (SSSR count). The van der Waals surface area contributed by atoms with Gasteiger partial charge in [-0.2, -0.15) is 0 Å². The highest BCUT2D eigenvalue weighted by Crippen LogP contribution is 2.26. The number of rotatable bonds is 1. The van der Waals surface area contributed by atoms with Gasteiger partial charge in [-0.25, -0.2) is 4.98 Å². The molecule has 0 aliphatic carbocycles. The lowest BCUT2D eigenvalue weighted by molar-refractivity contribution is 0.633. The third-order valence-electron chi connectivity index (χ3n) is 2.42. The Labute approximate surface area is 78.1 Å². The Kier molecular flexibility index (Phi) is 1.90. The van der Waals surface area contributed by atoms with Gasteiger partial charge in [-0.1, -0.05) is 13.8 Å². The van der Waals surface area contributed by atoms with Crippen molar-refractivity contribution in [3.05, 3.63) is 5.69 Å². The normalized spacial score (nSPS) is 15.6. The number of fused-ring (bicyclic) bond motifs is 1. The summed E-state index contributed by atoms with van der Waals surface area (Å²) in [6.07, 6.45) is 1.13. The highest BCUT2D eigenvalue weighted by Gasteiger charge is 2.18. The fourth-order valence-electron chi connectivity index (χ4n) is 1.71. The van der Waals surface area contributed by atoms with Crippen LogP contribution < -0.4 is 11.1 Å².